The zero-order valence-electron chi connectivity index (χ0n) is 16.5. The minimum Gasteiger partial charge on any atom is -0.436 e. The van der Waals surface area contributed by atoms with Crippen LogP contribution in [0.15, 0.2) is 71.1 Å². The summed E-state index contributed by atoms with van der Waals surface area (Å²) < 4.78 is 5.82. The normalized spacial score (nSPS) is 11.6. The van der Waals surface area contributed by atoms with Crippen LogP contribution in [0.1, 0.15) is 36.7 Å². The summed E-state index contributed by atoms with van der Waals surface area (Å²) in [6.07, 6.45) is 0. The molecule has 4 rings (SSSR count). The van der Waals surface area contributed by atoms with Crippen LogP contribution >= 0.6 is 11.6 Å². The number of halogens is 1. The van der Waals surface area contributed by atoms with Crippen molar-refractivity contribution in [1.29, 1.82) is 0 Å². The van der Waals surface area contributed by atoms with Gasteiger partial charge in [-0.1, -0.05) is 56.6 Å². The summed E-state index contributed by atoms with van der Waals surface area (Å²) in [5.41, 5.74) is 4.51. The predicted octanol–water partition coefficient (Wildman–Crippen LogP) is 6.70. The number of fused-ring (bicyclic) bond motifs is 1. The Morgan fingerprint density at radius 2 is 1.72 bits per heavy atom. The number of aromatic nitrogens is 1. The number of oxazole rings is 1. The smallest absolute Gasteiger partial charge is 0.255 e. The average molecular weight is 405 g/mol. The number of nitrogens with zero attached hydrogens (tertiary/aromatic N) is 1. The van der Waals surface area contributed by atoms with E-state index in [0.717, 1.165) is 5.52 Å². The monoisotopic (exact) mass is 404 g/mol. The number of anilines is 1. The Balaban J connectivity index is 1.59. The van der Waals surface area contributed by atoms with E-state index in [4.69, 9.17) is 16.0 Å². The first-order chi connectivity index (χ1) is 13.8. The number of hydrogen-bond acceptors (Lipinski definition) is 3. The molecule has 0 bridgehead atoms. The van der Waals surface area contributed by atoms with Crippen LogP contribution in [0.5, 0.6) is 0 Å². The standard InChI is InChI=1S/C24H21ClN2O2/c1-24(2,3)16-10-8-15(9-11-16)22(28)26-17-12-13-19(25)18(14-17)23-27-20-6-4-5-7-21(20)29-23/h4-14H,1-3H3,(H,26,28). The van der Waals surface area contributed by atoms with Gasteiger partial charge in [-0.25, -0.2) is 4.98 Å². The van der Waals surface area contributed by atoms with Gasteiger partial charge >= 0.3 is 0 Å². The van der Waals surface area contributed by atoms with Gasteiger partial charge in [0, 0.05) is 11.3 Å². The van der Waals surface area contributed by atoms with E-state index in [9.17, 15) is 4.79 Å². The molecule has 0 saturated carbocycles. The Kier molecular flexibility index (Phi) is 4.89. The van der Waals surface area contributed by atoms with Crippen molar-refractivity contribution in [3.8, 4) is 11.5 Å². The number of carbonyl (C=O) groups is 1. The molecule has 1 heterocycles. The Hall–Kier alpha value is -3.11. The fourth-order valence-corrected chi connectivity index (χ4v) is 3.28. The third-order valence-corrected chi connectivity index (χ3v) is 5.09. The van der Waals surface area contributed by atoms with Crippen LogP contribution in [0.25, 0.3) is 22.6 Å². The summed E-state index contributed by atoms with van der Waals surface area (Å²) in [6.45, 7) is 6.43. The molecule has 0 spiro atoms. The molecular weight excluding hydrogens is 384 g/mol. The van der Waals surface area contributed by atoms with Crippen LogP contribution < -0.4 is 5.32 Å². The van der Waals surface area contributed by atoms with E-state index in [2.05, 4.69) is 31.1 Å². The lowest BCUT2D eigenvalue weighted by Gasteiger charge is -2.19. The fourth-order valence-electron chi connectivity index (χ4n) is 3.08. The van der Waals surface area contributed by atoms with Gasteiger partial charge in [-0.15, -0.1) is 0 Å². The lowest BCUT2D eigenvalue weighted by atomic mass is 9.87. The number of hydrogen-bond donors (Lipinski definition) is 1. The van der Waals surface area contributed by atoms with E-state index in [0.29, 0.717) is 33.3 Å². The molecule has 0 aliphatic rings. The van der Waals surface area contributed by atoms with E-state index in [1.165, 1.54) is 5.56 Å². The molecule has 0 radical (unpaired) electrons. The third kappa shape index (κ3) is 4.03. The Morgan fingerprint density at radius 3 is 2.41 bits per heavy atom. The maximum absolute atomic E-state index is 12.7. The number of rotatable bonds is 3. The summed E-state index contributed by atoms with van der Waals surface area (Å²) in [5, 5.41) is 3.42. The number of para-hydroxylation sites is 2. The average Bonchev–Trinajstić information content (AvgIpc) is 3.13. The second kappa shape index (κ2) is 7.37. The van der Waals surface area contributed by atoms with Crippen LogP contribution in [0.2, 0.25) is 5.02 Å². The highest BCUT2D eigenvalue weighted by atomic mass is 35.5. The zero-order chi connectivity index (χ0) is 20.6. The van der Waals surface area contributed by atoms with Gasteiger partial charge in [0.05, 0.1) is 10.6 Å². The van der Waals surface area contributed by atoms with Gasteiger partial charge in [-0.2, -0.15) is 0 Å². The minimum atomic E-state index is -0.184. The molecule has 146 valence electrons. The van der Waals surface area contributed by atoms with Crippen LogP contribution in [-0.2, 0) is 5.41 Å². The molecule has 0 unspecified atom stereocenters. The molecule has 1 aromatic heterocycles. The van der Waals surface area contributed by atoms with Crippen molar-refractivity contribution in [3.63, 3.8) is 0 Å². The molecule has 1 amide bonds. The lowest BCUT2D eigenvalue weighted by Crippen LogP contribution is -2.14. The number of benzene rings is 3. The van der Waals surface area contributed by atoms with E-state index >= 15 is 0 Å². The van der Waals surface area contributed by atoms with Crippen LogP contribution in [0.4, 0.5) is 5.69 Å². The molecule has 0 aliphatic heterocycles. The fraction of sp³-hybridized carbons (Fsp3) is 0.167. The van der Waals surface area contributed by atoms with Crippen LogP contribution in [0.3, 0.4) is 0 Å². The molecule has 4 nitrogen and oxygen atoms in total. The third-order valence-electron chi connectivity index (χ3n) is 4.76. The second-order valence-corrected chi connectivity index (χ2v) is 8.37. The largest absolute Gasteiger partial charge is 0.436 e. The van der Waals surface area contributed by atoms with Gasteiger partial charge in [0.25, 0.3) is 5.91 Å². The van der Waals surface area contributed by atoms with Gasteiger partial charge in [0.1, 0.15) is 5.52 Å². The number of carbonyl (C=O) groups excluding carboxylic acids is 1. The summed E-state index contributed by atoms with van der Waals surface area (Å²) in [6, 6.07) is 20.4. The molecule has 0 atom stereocenters. The van der Waals surface area contributed by atoms with E-state index in [1.54, 1.807) is 18.2 Å². The van der Waals surface area contributed by atoms with Crippen molar-refractivity contribution in [3.05, 3.63) is 82.9 Å². The van der Waals surface area contributed by atoms with Crippen molar-refractivity contribution in [2.75, 3.05) is 5.32 Å². The second-order valence-electron chi connectivity index (χ2n) is 7.96. The van der Waals surface area contributed by atoms with E-state index < -0.39 is 0 Å². The van der Waals surface area contributed by atoms with Gasteiger partial charge < -0.3 is 9.73 Å². The first-order valence-electron chi connectivity index (χ1n) is 9.39. The molecular formula is C24H21ClN2O2. The molecule has 1 N–H and O–H groups in total. The molecule has 4 aromatic rings. The molecule has 0 aliphatic carbocycles. The maximum Gasteiger partial charge on any atom is 0.255 e. The number of amides is 1. The highest BCUT2D eigenvalue weighted by molar-refractivity contribution is 6.33. The molecule has 0 fully saturated rings. The summed E-state index contributed by atoms with van der Waals surface area (Å²) >= 11 is 6.36. The topological polar surface area (TPSA) is 55.1 Å². The number of nitrogens with one attached hydrogen (secondary N) is 1. The first-order valence-corrected chi connectivity index (χ1v) is 9.76. The predicted molar refractivity (Wildman–Crippen MR) is 118 cm³/mol. The SMILES string of the molecule is CC(C)(C)c1ccc(C(=O)Nc2ccc(Cl)c(-c3nc4ccccc4o3)c2)cc1. The maximum atomic E-state index is 12.7. The van der Waals surface area contributed by atoms with E-state index in [-0.39, 0.29) is 11.3 Å². The summed E-state index contributed by atoms with van der Waals surface area (Å²) in [7, 11) is 0. The van der Waals surface area contributed by atoms with E-state index in [1.807, 2.05) is 48.5 Å². The van der Waals surface area contributed by atoms with Gasteiger partial charge in [0.2, 0.25) is 5.89 Å². The molecule has 5 heteroatoms. The van der Waals surface area contributed by atoms with Gasteiger partial charge in [-0.3, -0.25) is 4.79 Å². The molecule has 3 aromatic carbocycles. The Labute approximate surface area is 174 Å². The lowest BCUT2D eigenvalue weighted by molar-refractivity contribution is 0.102. The summed E-state index contributed by atoms with van der Waals surface area (Å²) in [4.78, 5) is 17.2. The van der Waals surface area contributed by atoms with Gasteiger partial charge in [-0.05, 0) is 53.4 Å². The van der Waals surface area contributed by atoms with Crippen molar-refractivity contribution >= 4 is 34.3 Å². The zero-order valence-corrected chi connectivity index (χ0v) is 17.2. The van der Waals surface area contributed by atoms with Crippen molar-refractivity contribution in [2.24, 2.45) is 0 Å². The van der Waals surface area contributed by atoms with Crippen LogP contribution in [0, 0.1) is 0 Å². The minimum absolute atomic E-state index is 0.0413. The Morgan fingerprint density at radius 1 is 1.00 bits per heavy atom. The molecule has 29 heavy (non-hydrogen) atoms. The quantitative estimate of drug-likeness (QED) is 0.413. The van der Waals surface area contributed by atoms with Crippen molar-refractivity contribution in [1.82, 2.24) is 4.98 Å². The van der Waals surface area contributed by atoms with Gasteiger partial charge in [0.15, 0.2) is 5.58 Å². The highest BCUT2D eigenvalue weighted by Crippen LogP contribution is 2.32. The Bertz CT molecular complexity index is 1150. The first kappa shape index (κ1) is 19.2. The molecule has 0 saturated heterocycles. The highest BCUT2D eigenvalue weighted by Gasteiger charge is 2.16. The van der Waals surface area contributed by atoms with Crippen LogP contribution in [-0.4, -0.2) is 10.9 Å². The van der Waals surface area contributed by atoms with Crippen molar-refractivity contribution in [2.45, 2.75) is 26.2 Å². The van der Waals surface area contributed by atoms with Crippen molar-refractivity contribution < 1.29 is 9.21 Å². The summed E-state index contributed by atoms with van der Waals surface area (Å²) in [5.74, 6) is 0.234.